The monoisotopic (exact) mass is 306 g/mol. The van der Waals surface area contributed by atoms with Gasteiger partial charge in [0.25, 0.3) is 0 Å². The van der Waals surface area contributed by atoms with E-state index in [0.29, 0.717) is 6.17 Å². The lowest BCUT2D eigenvalue weighted by atomic mass is 9.65. The van der Waals surface area contributed by atoms with Crippen LogP contribution in [0.15, 0.2) is 0 Å². The first-order chi connectivity index (χ1) is 10.7. The molecule has 4 aliphatic rings. The van der Waals surface area contributed by atoms with Crippen LogP contribution >= 0.6 is 0 Å². The summed E-state index contributed by atoms with van der Waals surface area (Å²) in [6.07, 6.45) is 7.69. The molecule has 8 atom stereocenters. The molecule has 0 spiro atoms. The normalized spacial score (nSPS) is 52.6. The summed E-state index contributed by atoms with van der Waals surface area (Å²) in [6, 6.07) is 0. The molecule has 0 bridgehead atoms. The number of ether oxygens (including phenoxy) is 1. The average Bonchev–Trinajstić information content (AvgIpc) is 3.17. The molecule has 1 saturated carbocycles. The highest BCUT2D eigenvalue weighted by atomic mass is 16.5. The fourth-order valence-corrected chi connectivity index (χ4v) is 6.02. The van der Waals surface area contributed by atoms with E-state index < -0.39 is 0 Å². The van der Waals surface area contributed by atoms with Crippen LogP contribution in [0.25, 0.3) is 0 Å². The third-order valence-electron chi connectivity index (χ3n) is 7.42. The van der Waals surface area contributed by atoms with Crippen molar-refractivity contribution >= 4 is 0 Å². The topological polar surface area (TPSA) is 33.3 Å². The van der Waals surface area contributed by atoms with Crippen molar-refractivity contribution in [3.63, 3.8) is 0 Å². The van der Waals surface area contributed by atoms with Gasteiger partial charge < -0.3 is 15.4 Å². The van der Waals surface area contributed by atoms with Gasteiger partial charge in [0.1, 0.15) is 0 Å². The maximum absolute atomic E-state index is 5.68. The first-order valence-electron chi connectivity index (χ1n) is 9.77. The molecule has 4 rings (SSSR count). The van der Waals surface area contributed by atoms with Gasteiger partial charge in [0, 0.05) is 19.8 Å². The van der Waals surface area contributed by atoms with Crippen molar-refractivity contribution in [3.05, 3.63) is 0 Å². The first kappa shape index (κ1) is 15.4. The molecule has 0 aromatic carbocycles. The van der Waals surface area contributed by atoms with Gasteiger partial charge in [0.15, 0.2) is 0 Å². The van der Waals surface area contributed by atoms with Crippen LogP contribution < -0.4 is 10.6 Å². The van der Waals surface area contributed by atoms with E-state index in [-0.39, 0.29) is 0 Å². The summed E-state index contributed by atoms with van der Waals surface area (Å²) >= 11 is 0. The van der Waals surface area contributed by atoms with E-state index >= 15 is 0 Å². The second kappa shape index (κ2) is 6.41. The summed E-state index contributed by atoms with van der Waals surface area (Å²) in [5, 5.41) is 7.63. The van der Waals surface area contributed by atoms with E-state index in [0.717, 1.165) is 54.6 Å². The Morgan fingerprint density at radius 3 is 2.50 bits per heavy atom. The minimum absolute atomic E-state index is 0.582. The zero-order chi connectivity index (χ0) is 15.1. The lowest BCUT2D eigenvalue weighted by molar-refractivity contribution is 0.0700. The molecule has 0 aromatic heterocycles. The van der Waals surface area contributed by atoms with Crippen LogP contribution in [-0.2, 0) is 4.74 Å². The third kappa shape index (κ3) is 2.85. The number of rotatable bonds is 2. The van der Waals surface area contributed by atoms with E-state index in [1.807, 2.05) is 0 Å². The smallest absolute Gasteiger partial charge is 0.0604 e. The summed E-state index contributed by atoms with van der Waals surface area (Å²) < 4.78 is 5.68. The minimum Gasteiger partial charge on any atom is -0.381 e. The summed E-state index contributed by atoms with van der Waals surface area (Å²) in [5.74, 6) is 6.24. The molecule has 0 amide bonds. The van der Waals surface area contributed by atoms with Crippen molar-refractivity contribution in [1.29, 1.82) is 0 Å². The molecule has 0 aromatic rings. The molecule has 3 nitrogen and oxygen atoms in total. The molecule has 3 heterocycles. The van der Waals surface area contributed by atoms with Gasteiger partial charge in [-0.05, 0) is 67.2 Å². The molecular weight excluding hydrogens is 272 g/mol. The summed E-state index contributed by atoms with van der Waals surface area (Å²) in [5.41, 5.74) is 0. The Balaban J connectivity index is 1.43. The molecular formula is C19H34N2O. The Bertz CT molecular complexity index is 382. The Morgan fingerprint density at radius 1 is 0.818 bits per heavy atom. The minimum atomic E-state index is 0.582. The van der Waals surface area contributed by atoms with Crippen molar-refractivity contribution < 1.29 is 4.74 Å². The fourth-order valence-electron chi connectivity index (χ4n) is 6.02. The van der Waals surface area contributed by atoms with Crippen LogP contribution in [0.4, 0.5) is 0 Å². The zero-order valence-electron chi connectivity index (χ0n) is 14.4. The predicted molar refractivity (Wildman–Crippen MR) is 89.5 cm³/mol. The van der Waals surface area contributed by atoms with Crippen LogP contribution in [-0.4, -0.2) is 32.5 Å². The third-order valence-corrected chi connectivity index (χ3v) is 7.42. The van der Waals surface area contributed by atoms with Gasteiger partial charge in [-0.25, -0.2) is 0 Å². The van der Waals surface area contributed by atoms with E-state index in [9.17, 15) is 0 Å². The Hall–Kier alpha value is -0.120. The zero-order valence-corrected chi connectivity index (χ0v) is 14.4. The van der Waals surface area contributed by atoms with Crippen LogP contribution in [0.3, 0.4) is 0 Å². The van der Waals surface area contributed by atoms with Gasteiger partial charge in [-0.3, -0.25) is 0 Å². The molecule has 126 valence electrons. The van der Waals surface area contributed by atoms with Crippen molar-refractivity contribution in [2.75, 3.05) is 26.3 Å². The van der Waals surface area contributed by atoms with Crippen molar-refractivity contribution in [2.24, 2.45) is 41.4 Å². The maximum atomic E-state index is 5.68. The Morgan fingerprint density at radius 2 is 1.68 bits per heavy atom. The van der Waals surface area contributed by atoms with Gasteiger partial charge in [0.05, 0.1) is 6.17 Å². The maximum Gasteiger partial charge on any atom is 0.0604 e. The molecule has 2 N–H and O–H groups in total. The molecule has 1 aliphatic carbocycles. The van der Waals surface area contributed by atoms with Gasteiger partial charge in [0.2, 0.25) is 0 Å². The van der Waals surface area contributed by atoms with Crippen molar-refractivity contribution in [3.8, 4) is 0 Å². The molecule has 3 aliphatic heterocycles. The second-order valence-corrected chi connectivity index (χ2v) is 8.80. The van der Waals surface area contributed by atoms with Gasteiger partial charge in [-0.2, -0.15) is 0 Å². The lowest BCUT2D eigenvalue weighted by Crippen LogP contribution is -2.52. The number of fused-ring (bicyclic) bond motifs is 1. The summed E-state index contributed by atoms with van der Waals surface area (Å²) in [7, 11) is 0. The van der Waals surface area contributed by atoms with E-state index in [1.54, 1.807) is 0 Å². The van der Waals surface area contributed by atoms with Crippen molar-refractivity contribution in [2.45, 2.75) is 52.1 Å². The standard InChI is InChI=1S/C19H34N2O/c1-12-3-4-13(2)16(7-12)15-8-17-18(14-5-6-22-11-14)10-21-19(17)20-9-15/h12-21H,3-11H2,1-2H3. The van der Waals surface area contributed by atoms with Crippen molar-refractivity contribution in [1.82, 2.24) is 10.6 Å². The molecule has 3 saturated heterocycles. The largest absolute Gasteiger partial charge is 0.381 e. The second-order valence-electron chi connectivity index (χ2n) is 8.80. The highest BCUT2D eigenvalue weighted by Gasteiger charge is 2.46. The van der Waals surface area contributed by atoms with Gasteiger partial charge in [-0.1, -0.05) is 26.7 Å². The SMILES string of the molecule is CC1CCC(C)C(C2CNC3NCC(C4CCOC4)C3C2)C1. The Labute approximate surface area is 135 Å². The number of nitrogens with one attached hydrogen (secondary N) is 2. The molecule has 0 radical (unpaired) electrons. The van der Waals surface area contributed by atoms with E-state index in [4.69, 9.17) is 4.74 Å². The number of hydrogen-bond acceptors (Lipinski definition) is 3. The Kier molecular flexibility index (Phi) is 4.49. The quantitative estimate of drug-likeness (QED) is 0.823. The number of hydrogen-bond donors (Lipinski definition) is 2. The number of piperidine rings is 1. The van der Waals surface area contributed by atoms with E-state index in [2.05, 4.69) is 24.5 Å². The highest BCUT2D eigenvalue weighted by Crippen LogP contribution is 2.45. The van der Waals surface area contributed by atoms with Gasteiger partial charge in [-0.15, -0.1) is 0 Å². The molecule has 22 heavy (non-hydrogen) atoms. The summed E-state index contributed by atoms with van der Waals surface area (Å²) in [4.78, 5) is 0. The van der Waals surface area contributed by atoms with E-state index in [1.165, 1.54) is 45.2 Å². The lowest BCUT2D eigenvalue weighted by Gasteiger charge is -2.44. The van der Waals surface area contributed by atoms with Crippen LogP contribution in [0.5, 0.6) is 0 Å². The molecule has 4 fully saturated rings. The van der Waals surface area contributed by atoms with Gasteiger partial charge >= 0.3 is 0 Å². The van der Waals surface area contributed by atoms with Crippen LogP contribution in [0.2, 0.25) is 0 Å². The average molecular weight is 306 g/mol. The van der Waals surface area contributed by atoms with Crippen LogP contribution in [0.1, 0.15) is 46.0 Å². The van der Waals surface area contributed by atoms with Crippen LogP contribution in [0, 0.1) is 41.4 Å². The molecule has 8 unspecified atom stereocenters. The fraction of sp³-hybridized carbons (Fsp3) is 1.00. The first-order valence-corrected chi connectivity index (χ1v) is 9.77. The highest BCUT2D eigenvalue weighted by molar-refractivity contribution is 4.99. The predicted octanol–water partition coefficient (Wildman–Crippen LogP) is 2.87. The summed E-state index contributed by atoms with van der Waals surface area (Å²) in [6.45, 7) is 9.43. The molecule has 3 heteroatoms.